The zero-order valence-corrected chi connectivity index (χ0v) is 16.2. The highest BCUT2D eigenvalue weighted by Gasteiger charge is 2.43. The van der Waals surface area contributed by atoms with Gasteiger partial charge in [0, 0.05) is 62.6 Å². The van der Waals surface area contributed by atoms with Crippen molar-refractivity contribution in [3.8, 4) is 0 Å². The molecular formula is C22H28N4O. The first-order valence-electron chi connectivity index (χ1n) is 9.76. The fraction of sp³-hybridized carbons (Fsp3) is 0.455. The van der Waals surface area contributed by atoms with Gasteiger partial charge in [0.2, 0.25) is 0 Å². The maximum atomic E-state index is 13.0. The van der Waals surface area contributed by atoms with Crippen molar-refractivity contribution in [3.63, 3.8) is 0 Å². The van der Waals surface area contributed by atoms with Crippen LogP contribution in [0.2, 0.25) is 0 Å². The summed E-state index contributed by atoms with van der Waals surface area (Å²) < 4.78 is 0. The van der Waals surface area contributed by atoms with E-state index in [0.717, 1.165) is 50.5 Å². The van der Waals surface area contributed by atoms with E-state index in [0.29, 0.717) is 6.04 Å². The summed E-state index contributed by atoms with van der Waals surface area (Å²) in [6, 6.07) is 16.1. The summed E-state index contributed by atoms with van der Waals surface area (Å²) in [5.74, 6) is 0.144. The maximum absolute atomic E-state index is 13.0. The molecule has 0 saturated carbocycles. The van der Waals surface area contributed by atoms with Gasteiger partial charge in [-0.15, -0.1) is 0 Å². The quantitative estimate of drug-likeness (QED) is 0.839. The Morgan fingerprint density at radius 1 is 1.07 bits per heavy atom. The molecule has 4 rings (SSSR count). The van der Waals surface area contributed by atoms with Crippen molar-refractivity contribution in [2.45, 2.75) is 32.0 Å². The smallest absolute Gasteiger partial charge is 0.253 e. The second-order valence-corrected chi connectivity index (χ2v) is 8.27. The number of hydrogen-bond acceptors (Lipinski definition) is 4. The van der Waals surface area contributed by atoms with Crippen LogP contribution < -0.4 is 0 Å². The van der Waals surface area contributed by atoms with Crippen LogP contribution in [0.3, 0.4) is 0 Å². The van der Waals surface area contributed by atoms with Gasteiger partial charge in [0.15, 0.2) is 0 Å². The van der Waals surface area contributed by atoms with Crippen molar-refractivity contribution in [1.82, 2.24) is 19.7 Å². The lowest BCUT2D eigenvalue weighted by Crippen LogP contribution is -2.70. The van der Waals surface area contributed by atoms with Crippen LogP contribution in [0.5, 0.6) is 0 Å². The lowest BCUT2D eigenvalue weighted by molar-refractivity contribution is -0.0579. The molecule has 2 saturated heterocycles. The number of carbonyl (C=O) groups excluding carboxylic acids is 1. The Hall–Kier alpha value is -2.24. The van der Waals surface area contributed by atoms with Gasteiger partial charge in [0.05, 0.1) is 5.69 Å². The lowest BCUT2D eigenvalue weighted by atomic mass is 9.92. The van der Waals surface area contributed by atoms with E-state index >= 15 is 0 Å². The highest BCUT2D eigenvalue weighted by atomic mass is 16.2. The number of carbonyl (C=O) groups is 1. The third-order valence-corrected chi connectivity index (χ3v) is 5.77. The van der Waals surface area contributed by atoms with Crippen LogP contribution in [0.25, 0.3) is 0 Å². The van der Waals surface area contributed by atoms with E-state index in [-0.39, 0.29) is 11.4 Å². The average molecular weight is 364 g/mol. The molecule has 2 fully saturated rings. The predicted octanol–water partition coefficient (Wildman–Crippen LogP) is 2.50. The summed E-state index contributed by atoms with van der Waals surface area (Å²) in [5.41, 5.74) is 1.88. The SMILES string of the molecule is CC1(C)CN(C(=O)c2ccccc2)CC2CN(Cc3ccccn3)CCN21. The molecule has 3 heterocycles. The first-order valence-corrected chi connectivity index (χ1v) is 9.76. The second kappa shape index (κ2) is 7.41. The Morgan fingerprint density at radius 3 is 2.59 bits per heavy atom. The number of aromatic nitrogens is 1. The molecule has 1 aromatic heterocycles. The first kappa shape index (κ1) is 18.1. The van der Waals surface area contributed by atoms with E-state index in [4.69, 9.17) is 0 Å². The number of benzene rings is 1. The third kappa shape index (κ3) is 3.89. The Kier molecular flexibility index (Phi) is 4.98. The van der Waals surface area contributed by atoms with Crippen LogP contribution in [0.15, 0.2) is 54.7 Å². The maximum Gasteiger partial charge on any atom is 0.253 e. The Balaban J connectivity index is 1.48. The Labute approximate surface area is 161 Å². The number of amides is 1. The van der Waals surface area contributed by atoms with Crippen LogP contribution >= 0.6 is 0 Å². The van der Waals surface area contributed by atoms with E-state index in [1.807, 2.05) is 53.6 Å². The number of nitrogens with zero attached hydrogens (tertiary/aromatic N) is 4. The first-order chi connectivity index (χ1) is 13.0. The fourth-order valence-corrected chi connectivity index (χ4v) is 4.53. The summed E-state index contributed by atoms with van der Waals surface area (Å²) in [6.07, 6.45) is 1.86. The van der Waals surface area contributed by atoms with Crippen molar-refractivity contribution in [3.05, 3.63) is 66.0 Å². The molecule has 27 heavy (non-hydrogen) atoms. The molecule has 2 aliphatic heterocycles. The minimum absolute atomic E-state index is 0.00948. The lowest BCUT2D eigenvalue weighted by Gasteiger charge is -2.55. The van der Waals surface area contributed by atoms with E-state index < -0.39 is 0 Å². The van der Waals surface area contributed by atoms with E-state index in [9.17, 15) is 4.79 Å². The van der Waals surface area contributed by atoms with E-state index in [1.54, 1.807) is 0 Å². The normalized spacial score (nSPS) is 23.0. The molecule has 0 bridgehead atoms. The average Bonchev–Trinajstić information content (AvgIpc) is 2.68. The van der Waals surface area contributed by atoms with Crippen LogP contribution in [-0.2, 0) is 6.54 Å². The van der Waals surface area contributed by atoms with Gasteiger partial charge in [-0.3, -0.25) is 19.6 Å². The summed E-state index contributed by atoms with van der Waals surface area (Å²) in [6.45, 7) is 10.0. The summed E-state index contributed by atoms with van der Waals surface area (Å²) in [7, 11) is 0. The topological polar surface area (TPSA) is 39.7 Å². The van der Waals surface area contributed by atoms with Crippen LogP contribution in [0.1, 0.15) is 29.9 Å². The van der Waals surface area contributed by atoms with Crippen molar-refractivity contribution < 1.29 is 4.79 Å². The number of piperazine rings is 2. The number of hydrogen-bond donors (Lipinski definition) is 0. The molecule has 1 aromatic carbocycles. The number of pyridine rings is 1. The minimum Gasteiger partial charge on any atom is -0.335 e. The molecule has 1 atom stereocenters. The minimum atomic E-state index is -0.00948. The van der Waals surface area contributed by atoms with Crippen molar-refractivity contribution in [1.29, 1.82) is 0 Å². The summed E-state index contributed by atoms with van der Waals surface area (Å²) in [5, 5.41) is 0. The van der Waals surface area contributed by atoms with Gasteiger partial charge in [0.25, 0.3) is 5.91 Å². The standard InChI is InChI=1S/C22H28N4O/c1-22(2)17-25(21(27)18-8-4-3-5-9-18)16-20-15-24(12-13-26(20)22)14-19-10-6-7-11-23-19/h3-11,20H,12-17H2,1-2H3. The van der Waals surface area contributed by atoms with Gasteiger partial charge < -0.3 is 4.90 Å². The molecule has 5 nitrogen and oxygen atoms in total. The fourth-order valence-electron chi connectivity index (χ4n) is 4.53. The van der Waals surface area contributed by atoms with Crippen LogP contribution in [0, 0.1) is 0 Å². The van der Waals surface area contributed by atoms with Crippen molar-refractivity contribution >= 4 is 5.91 Å². The molecule has 142 valence electrons. The van der Waals surface area contributed by atoms with E-state index in [2.05, 4.69) is 34.7 Å². The van der Waals surface area contributed by atoms with Gasteiger partial charge in [-0.25, -0.2) is 0 Å². The van der Waals surface area contributed by atoms with Crippen LogP contribution in [0.4, 0.5) is 0 Å². The van der Waals surface area contributed by atoms with Crippen LogP contribution in [-0.4, -0.2) is 69.9 Å². The highest BCUT2D eigenvalue weighted by Crippen LogP contribution is 2.29. The monoisotopic (exact) mass is 364 g/mol. The molecule has 0 N–H and O–H groups in total. The zero-order chi connectivity index (χ0) is 18.9. The number of rotatable bonds is 3. The van der Waals surface area contributed by atoms with Gasteiger partial charge >= 0.3 is 0 Å². The van der Waals surface area contributed by atoms with Gasteiger partial charge in [0.1, 0.15) is 0 Å². The van der Waals surface area contributed by atoms with E-state index in [1.165, 1.54) is 0 Å². The third-order valence-electron chi connectivity index (χ3n) is 5.77. The molecule has 0 radical (unpaired) electrons. The molecule has 0 spiro atoms. The highest BCUT2D eigenvalue weighted by molar-refractivity contribution is 5.94. The molecule has 2 aromatic rings. The summed E-state index contributed by atoms with van der Waals surface area (Å²) >= 11 is 0. The van der Waals surface area contributed by atoms with Gasteiger partial charge in [-0.05, 0) is 38.1 Å². The number of fused-ring (bicyclic) bond motifs is 1. The predicted molar refractivity (Wildman–Crippen MR) is 106 cm³/mol. The Bertz CT molecular complexity index is 777. The van der Waals surface area contributed by atoms with Crippen molar-refractivity contribution in [2.24, 2.45) is 0 Å². The molecular weight excluding hydrogens is 336 g/mol. The zero-order valence-electron chi connectivity index (χ0n) is 16.2. The van der Waals surface area contributed by atoms with Crippen molar-refractivity contribution in [2.75, 3.05) is 32.7 Å². The molecule has 5 heteroatoms. The molecule has 0 aliphatic carbocycles. The molecule has 2 aliphatic rings. The largest absolute Gasteiger partial charge is 0.335 e. The molecule has 1 unspecified atom stereocenters. The Morgan fingerprint density at radius 2 is 1.85 bits per heavy atom. The van der Waals surface area contributed by atoms with Gasteiger partial charge in [-0.2, -0.15) is 0 Å². The molecule has 1 amide bonds. The second-order valence-electron chi connectivity index (χ2n) is 8.27. The summed E-state index contributed by atoms with van der Waals surface area (Å²) in [4.78, 5) is 24.6. The van der Waals surface area contributed by atoms with Gasteiger partial charge in [-0.1, -0.05) is 24.3 Å².